The van der Waals surface area contributed by atoms with Crippen LogP contribution >= 0.6 is 0 Å². The van der Waals surface area contributed by atoms with Crippen LogP contribution in [0.25, 0.3) is 0 Å². The first-order valence-corrected chi connectivity index (χ1v) is 6.19. The molecule has 100 valence electrons. The zero-order valence-corrected chi connectivity index (χ0v) is 11.1. The molecule has 0 bridgehead atoms. The van der Waals surface area contributed by atoms with E-state index in [1.54, 1.807) is 36.4 Å². The van der Waals surface area contributed by atoms with Gasteiger partial charge in [0.15, 0.2) is 0 Å². The molecular formula is C13H17N5O. The number of rotatable bonds is 5. The van der Waals surface area contributed by atoms with Gasteiger partial charge < -0.3 is 10.6 Å². The van der Waals surface area contributed by atoms with Crippen LogP contribution in [0.2, 0.25) is 0 Å². The first-order chi connectivity index (χ1) is 9.19. The summed E-state index contributed by atoms with van der Waals surface area (Å²) < 4.78 is 1.63. The minimum Gasteiger partial charge on any atom is -0.384 e. The Morgan fingerprint density at radius 3 is 2.74 bits per heavy atom. The molecule has 6 heteroatoms. The Hall–Kier alpha value is -2.37. The van der Waals surface area contributed by atoms with Gasteiger partial charge >= 0.3 is 0 Å². The third kappa shape index (κ3) is 3.54. The van der Waals surface area contributed by atoms with Crippen LogP contribution in [0.15, 0.2) is 30.7 Å². The largest absolute Gasteiger partial charge is 0.384 e. The van der Waals surface area contributed by atoms with E-state index in [1.165, 1.54) is 0 Å². The van der Waals surface area contributed by atoms with Crippen LogP contribution in [-0.2, 0) is 7.05 Å². The molecule has 0 saturated carbocycles. The van der Waals surface area contributed by atoms with E-state index in [0.29, 0.717) is 11.4 Å². The van der Waals surface area contributed by atoms with E-state index in [0.717, 1.165) is 18.7 Å². The summed E-state index contributed by atoms with van der Waals surface area (Å²) in [4.78, 5) is 16.1. The fourth-order valence-electron chi connectivity index (χ4n) is 1.58. The van der Waals surface area contributed by atoms with Crippen molar-refractivity contribution in [1.82, 2.24) is 14.8 Å². The fraction of sp³-hybridized carbons (Fsp3) is 0.308. The van der Waals surface area contributed by atoms with Gasteiger partial charge in [-0.15, -0.1) is 0 Å². The number of amides is 1. The summed E-state index contributed by atoms with van der Waals surface area (Å²) in [6.07, 6.45) is 6.03. The number of pyridine rings is 1. The van der Waals surface area contributed by atoms with Gasteiger partial charge in [0.05, 0.1) is 23.8 Å². The zero-order chi connectivity index (χ0) is 13.7. The third-order valence-corrected chi connectivity index (χ3v) is 2.54. The van der Waals surface area contributed by atoms with Crippen molar-refractivity contribution in [2.45, 2.75) is 13.3 Å². The monoisotopic (exact) mass is 259 g/mol. The quantitative estimate of drug-likeness (QED) is 0.860. The van der Waals surface area contributed by atoms with Crippen molar-refractivity contribution < 1.29 is 4.79 Å². The van der Waals surface area contributed by atoms with Crippen LogP contribution in [0.1, 0.15) is 23.8 Å². The molecule has 0 radical (unpaired) electrons. The van der Waals surface area contributed by atoms with Crippen molar-refractivity contribution in [1.29, 1.82) is 0 Å². The average molecular weight is 259 g/mol. The van der Waals surface area contributed by atoms with E-state index in [-0.39, 0.29) is 5.91 Å². The highest BCUT2D eigenvalue weighted by atomic mass is 16.1. The van der Waals surface area contributed by atoms with Crippen LogP contribution in [0.3, 0.4) is 0 Å². The van der Waals surface area contributed by atoms with Crippen molar-refractivity contribution >= 4 is 17.3 Å². The smallest absolute Gasteiger partial charge is 0.274 e. The van der Waals surface area contributed by atoms with Crippen molar-refractivity contribution in [3.63, 3.8) is 0 Å². The standard InChI is InChI=1S/C13H17N5O/c1-3-6-14-10-4-5-12(15-7-10)13(19)17-11-8-16-18(2)9-11/h4-5,7-9,14H,3,6H2,1-2H3,(H,17,19). The van der Waals surface area contributed by atoms with Gasteiger partial charge in [-0.3, -0.25) is 9.48 Å². The van der Waals surface area contributed by atoms with Crippen LogP contribution in [-0.4, -0.2) is 27.2 Å². The molecule has 0 aliphatic heterocycles. The van der Waals surface area contributed by atoms with Crippen LogP contribution in [0, 0.1) is 0 Å². The van der Waals surface area contributed by atoms with E-state index in [4.69, 9.17) is 0 Å². The third-order valence-electron chi connectivity index (χ3n) is 2.54. The number of carbonyl (C=O) groups excluding carboxylic acids is 1. The Kier molecular flexibility index (Phi) is 4.12. The zero-order valence-electron chi connectivity index (χ0n) is 11.1. The number of aryl methyl sites for hydroxylation is 1. The number of nitrogens with zero attached hydrogens (tertiary/aromatic N) is 3. The first-order valence-electron chi connectivity index (χ1n) is 6.19. The van der Waals surface area contributed by atoms with Gasteiger partial charge in [0, 0.05) is 19.8 Å². The number of anilines is 2. The lowest BCUT2D eigenvalue weighted by Crippen LogP contribution is -2.13. The maximum atomic E-state index is 11.9. The molecule has 2 rings (SSSR count). The van der Waals surface area contributed by atoms with E-state index in [9.17, 15) is 4.79 Å². The second-order valence-corrected chi connectivity index (χ2v) is 4.22. The van der Waals surface area contributed by atoms with Crippen molar-refractivity contribution in [2.75, 3.05) is 17.2 Å². The Labute approximate surface area is 111 Å². The van der Waals surface area contributed by atoms with E-state index < -0.39 is 0 Å². The Balaban J connectivity index is 1.99. The number of hydrogen-bond donors (Lipinski definition) is 2. The predicted octanol–water partition coefficient (Wildman–Crippen LogP) is 1.89. The Morgan fingerprint density at radius 1 is 1.32 bits per heavy atom. The highest BCUT2D eigenvalue weighted by Gasteiger charge is 2.08. The van der Waals surface area contributed by atoms with Gasteiger partial charge in [-0.2, -0.15) is 5.10 Å². The summed E-state index contributed by atoms with van der Waals surface area (Å²) in [5.41, 5.74) is 1.95. The summed E-state index contributed by atoms with van der Waals surface area (Å²) in [6, 6.07) is 3.55. The van der Waals surface area contributed by atoms with Gasteiger partial charge in [-0.1, -0.05) is 6.92 Å². The molecule has 0 aromatic carbocycles. The molecule has 0 fully saturated rings. The van der Waals surface area contributed by atoms with Gasteiger partial charge in [0.2, 0.25) is 0 Å². The van der Waals surface area contributed by atoms with Gasteiger partial charge in [0.25, 0.3) is 5.91 Å². The highest BCUT2D eigenvalue weighted by molar-refractivity contribution is 6.02. The van der Waals surface area contributed by atoms with Crippen LogP contribution in [0.4, 0.5) is 11.4 Å². The fourth-order valence-corrected chi connectivity index (χ4v) is 1.58. The molecule has 6 nitrogen and oxygen atoms in total. The maximum Gasteiger partial charge on any atom is 0.274 e. The average Bonchev–Trinajstić information content (AvgIpc) is 2.82. The second-order valence-electron chi connectivity index (χ2n) is 4.22. The van der Waals surface area contributed by atoms with Crippen molar-refractivity contribution in [3.05, 3.63) is 36.4 Å². The number of aromatic nitrogens is 3. The van der Waals surface area contributed by atoms with Crippen LogP contribution in [0.5, 0.6) is 0 Å². The van der Waals surface area contributed by atoms with E-state index in [2.05, 4.69) is 27.6 Å². The second kappa shape index (κ2) is 5.99. The summed E-state index contributed by atoms with van der Waals surface area (Å²) in [7, 11) is 1.79. The lowest BCUT2D eigenvalue weighted by Gasteiger charge is -2.05. The molecule has 19 heavy (non-hydrogen) atoms. The normalized spacial score (nSPS) is 10.2. The number of nitrogens with one attached hydrogen (secondary N) is 2. The number of hydrogen-bond acceptors (Lipinski definition) is 4. The molecule has 1 amide bonds. The lowest BCUT2D eigenvalue weighted by atomic mass is 10.3. The summed E-state index contributed by atoms with van der Waals surface area (Å²) in [5, 5.41) is 9.93. The lowest BCUT2D eigenvalue weighted by molar-refractivity contribution is 0.102. The summed E-state index contributed by atoms with van der Waals surface area (Å²) in [6.45, 7) is 2.99. The Bertz CT molecular complexity index is 546. The molecule has 0 aliphatic rings. The molecule has 2 heterocycles. The van der Waals surface area contributed by atoms with Gasteiger partial charge in [-0.05, 0) is 18.6 Å². The molecule has 0 aliphatic carbocycles. The topological polar surface area (TPSA) is 71.8 Å². The Morgan fingerprint density at radius 2 is 2.16 bits per heavy atom. The minimum atomic E-state index is -0.241. The van der Waals surface area contributed by atoms with Crippen LogP contribution < -0.4 is 10.6 Å². The van der Waals surface area contributed by atoms with Crippen molar-refractivity contribution in [2.24, 2.45) is 7.05 Å². The minimum absolute atomic E-state index is 0.241. The molecule has 2 aromatic heterocycles. The van der Waals surface area contributed by atoms with E-state index >= 15 is 0 Å². The SMILES string of the molecule is CCCNc1ccc(C(=O)Nc2cnn(C)c2)nc1. The molecule has 0 atom stereocenters. The molecule has 2 aromatic rings. The van der Waals surface area contributed by atoms with Gasteiger partial charge in [0.1, 0.15) is 5.69 Å². The summed E-state index contributed by atoms with van der Waals surface area (Å²) in [5.74, 6) is -0.241. The first kappa shape index (κ1) is 13.1. The van der Waals surface area contributed by atoms with Crippen molar-refractivity contribution in [3.8, 4) is 0 Å². The predicted molar refractivity (Wildman–Crippen MR) is 74.2 cm³/mol. The molecule has 0 unspecified atom stereocenters. The summed E-state index contributed by atoms with van der Waals surface area (Å²) >= 11 is 0. The molecular weight excluding hydrogens is 242 g/mol. The molecule has 0 saturated heterocycles. The molecule has 2 N–H and O–H groups in total. The molecule has 0 spiro atoms. The van der Waals surface area contributed by atoms with Gasteiger partial charge in [-0.25, -0.2) is 4.98 Å². The number of carbonyl (C=O) groups is 1. The highest BCUT2D eigenvalue weighted by Crippen LogP contribution is 2.09. The maximum absolute atomic E-state index is 11.9. The van der Waals surface area contributed by atoms with E-state index in [1.807, 2.05) is 6.07 Å².